The lowest BCUT2D eigenvalue weighted by molar-refractivity contribution is -0.105. The SMILES string of the molecule is N#C/C=C/SCC=O. The van der Waals surface area contributed by atoms with E-state index in [9.17, 15) is 4.79 Å². The van der Waals surface area contributed by atoms with Gasteiger partial charge < -0.3 is 4.79 Å². The van der Waals surface area contributed by atoms with Crippen LogP contribution in [0.3, 0.4) is 0 Å². The molecule has 0 spiro atoms. The number of nitrogens with zero attached hydrogens (tertiary/aromatic N) is 1. The Kier molecular flexibility index (Phi) is 5.66. The van der Waals surface area contributed by atoms with Gasteiger partial charge in [-0.1, -0.05) is 0 Å². The van der Waals surface area contributed by atoms with Crippen molar-refractivity contribution in [2.45, 2.75) is 0 Å². The fourth-order valence-corrected chi connectivity index (χ4v) is 0.520. The molecule has 0 aromatic carbocycles. The Morgan fingerprint density at radius 1 is 1.75 bits per heavy atom. The van der Waals surface area contributed by atoms with E-state index >= 15 is 0 Å². The number of nitriles is 1. The standard InChI is InChI=1S/C5H5NOS/c6-2-1-4-8-5-3-7/h1,3-4H,5H2/b4-1+. The van der Waals surface area contributed by atoms with Crippen molar-refractivity contribution in [3.8, 4) is 6.07 Å². The van der Waals surface area contributed by atoms with Crippen LogP contribution in [0.15, 0.2) is 11.5 Å². The van der Waals surface area contributed by atoms with Crippen molar-refractivity contribution in [1.82, 2.24) is 0 Å². The van der Waals surface area contributed by atoms with Crippen molar-refractivity contribution in [2.75, 3.05) is 5.75 Å². The predicted octanol–water partition coefficient (Wildman–Crippen LogP) is 0.956. The fraction of sp³-hybridized carbons (Fsp3) is 0.200. The van der Waals surface area contributed by atoms with Crippen molar-refractivity contribution < 1.29 is 4.79 Å². The molecule has 0 fully saturated rings. The molecule has 0 unspecified atom stereocenters. The first-order chi connectivity index (χ1) is 3.91. The summed E-state index contributed by atoms with van der Waals surface area (Å²) in [6.45, 7) is 0. The summed E-state index contributed by atoms with van der Waals surface area (Å²) in [4.78, 5) is 9.63. The molecular formula is C5H5NOS. The summed E-state index contributed by atoms with van der Waals surface area (Å²) in [6, 6.07) is 1.81. The molecule has 0 saturated heterocycles. The lowest BCUT2D eigenvalue weighted by atomic mass is 10.7. The monoisotopic (exact) mass is 127 g/mol. The van der Waals surface area contributed by atoms with Gasteiger partial charge in [0.25, 0.3) is 0 Å². The Balaban J connectivity index is 3.06. The zero-order valence-corrected chi connectivity index (χ0v) is 5.02. The maximum absolute atomic E-state index is 9.63. The van der Waals surface area contributed by atoms with E-state index in [1.54, 1.807) is 5.41 Å². The van der Waals surface area contributed by atoms with Gasteiger partial charge in [-0.15, -0.1) is 11.8 Å². The third-order valence-corrected chi connectivity index (χ3v) is 1.06. The number of aldehydes is 1. The lowest BCUT2D eigenvalue weighted by Gasteiger charge is -1.75. The Bertz CT molecular complexity index is 125. The van der Waals surface area contributed by atoms with Crippen molar-refractivity contribution in [1.29, 1.82) is 5.26 Å². The first kappa shape index (κ1) is 7.25. The molecule has 0 radical (unpaired) electrons. The van der Waals surface area contributed by atoms with Crippen LogP contribution in [0, 0.1) is 11.3 Å². The van der Waals surface area contributed by atoms with Crippen LogP contribution in [0.4, 0.5) is 0 Å². The van der Waals surface area contributed by atoms with Gasteiger partial charge in [0.1, 0.15) is 6.29 Å². The summed E-state index contributed by atoms with van der Waals surface area (Å²) >= 11 is 1.31. The number of hydrogen-bond acceptors (Lipinski definition) is 3. The van der Waals surface area contributed by atoms with Crippen LogP contribution in [0.25, 0.3) is 0 Å². The van der Waals surface area contributed by atoms with E-state index in [0.29, 0.717) is 5.75 Å². The quantitative estimate of drug-likeness (QED) is 0.322. The van der Waals surface area contributed by atoms with Crippen LogP contribution in [0.2, 0.25) is 0 Å². The first-order valence-corrected chi connectivity index (χ1v) is 3.06. The highest BCUT2D eigenvalue weighted by Gasteiger charge is 1.73. The van der Waals surface area contributed by atoms with E-state index in [4.69, 9.17) is 5.26 Å². The van der Waals surface area contributed by atoms with E-state index in [1.807, 2.05) is 6.07 Å². The maximum atomic E-state index is 9.63. The molecule has 42 valence electrons. The van der Waals surface area contributed by atoms with Crippen LogP contribution < -0.4 is 0 Å². The molecule has 0 N–H and O–H groups in total. The molecule has 0 aromatic heterocycles. The molecule has 0 amide bonds. The van der Waals surface area contributed by atoms with Crippen LogP contribution in [0.5, 0.6) is 0 Å². The predicted molar refractivity (Wildman–Crippen MR) is 33.3 cm³/mol. The van der Waals surface area contributed by atoms with Gasteiger partial charge in [-0.2, -0.15) is 5.26 Å². The van der Waals surface area contributed by atoms with Crippen molar-refractivity contribution in [3.63, 3.8) is 0 Å². The number of hydrogen-bond donors (Lipinski definition) is 0. The highest BCUT2D eigenvalue weighted by Crippen LogP contribution is 1.96. The zero-order valence-electron chi connectivity index (χ0n) is 4.20. The Labute approximate surface area is 52.2 Å². The number of allylic oxidation sites excluding steroid dienone is 1. The molecule has 0 aromatic rings. The molecule has 0 bridgehead atoms. The second-order valence-electron chi connectivity index (χ2n) is 0.932. The van der Waals surface area contributed by atoms with E-state index < -0.39 is 0 Å². The second kappa shape index (κ2) is 6.25. The van der Waals surface area contributed by atoms with Gasteiger partial charge in [0.05, 0.1) is 11.8 Å². The second-order valence-corrected chi connectivity index (χ2v) is 1.87. The molecule has 3 heteroatoms. The molecule has 0 aliphatic heterocycles. The van der Waals surface area contributed by atoms with Gasteiger partial charge in [0.2, 0.25) is 0 Å². The molecule has 8 heavy (non-hydrogen) atoms. The number of rotatable bonds is 3. The van der Waals surface area contributed by atoms with E-state index in [1.165, 1.54) is 17.8 Å². The summed E-state index contributed by atoms with van der Waals surface area (Å²) in [5.74, 6) is 0.429. The average molecular weight is 127 g/mol. The summed E-state index contributed by atoms with van der Waals surface area (Å²) < 4.78 is 0. The summed E-state index contributed by atoms with van der Waals surface area (Å²) in [7, 11) is 0. The molecule has 0 rings (SSSR count). The van der Waals surface area contributed by atoms with Gasteiger partial charge in [0, 0.05) is 6.08 Å². The Morgan fingerprint density at radius 2 is 2.50 bits per heavy atom. The maximum Gasteiger partial charge on any atom is 0.130 e. The van der Waals surface area contributed by atoms with Gasteiger partial charge in [-0.3, -0.25) is 0 Å². The molecule has 0 saturated carbocycles. The van der Waals surface area contributed by atoms with Gasteiger partial charge >= 0.3 is 0 Å². The highest BCUT2D eigenvalue weighted by atomic mass is 32.2. The molecular weight excluding hydrogens is 122 g/mol. The van der Waals surface area contributed by atoms with E-state index in [-0.39, 0.29) is 0 Å². The fourth-order valence-electron chi connectivity index (χ4n) is 0.173. The summed E-state index contributed by atoms with van der Waals surface area (Å²) in [5.41, 5.74) is 0. The minimum atomic E-state index is 0.429. The third kappa shape index (κ3) is 5.25. The van der Waals surface area contributed by atoms with Gasteiger partial charge in [0.15, 0.2) is 0 Å². The van der Waals surface area contributed by atoms with Crippen molar-refractivity contribution in [3.05, 3.63) is 11.5 Å². The third-order valence-electron chi connectivity index (χ3n) is 0.403. The Hall–Kier alpha value is -0.750. The van der Waals surface area contributed by atoms with Gasteiger partial charge in [-0.25, -0.2) is 0 Å². The topological polar surface area (TPSA) is 40.9 Å². The van der Waals surface area contributed by atoms with E-state index in [2.05, 4.69) is 0 Å². The minimum Gasteiger partial charge on any atom is -0.302 e. The number of carbonyl (C=O) groups excluding carboxylic acids is 1. The highest BCUT2D eigenvalue weighted by molar-refractivity contribution is 8.02. The van der Waals surface area contributed by atoms with Crippen LogP contribution in [-0.2, 0) is 4.79 Å². The van der Waals surface area contributed by atoms with Crippen molar-refractivity contribution in [2.24, 2.45) is 0 Å². The summed E-state index contributed by atoms with van der Waals surface area (Å²) in [6.07, 6.45) is 2.14. The summed E-state index contributed by atoms with van der Waals surface area (Å²) in [5, 5.41) is 9.52. The molecule has 0 aliphatic rings. The smallest absolute Gasteiger partial charge is 0.130 e. The van der Waals surface area contributed by atoms with Crippen LogP contribution >= 0.6 is 11.8 Å². The zero-order chi connectivity index (χ0) is 6.24. The first-order valence-electron chi connectivity index (χ1n) is 2.01. The molecule has 0 atom stereocenters. The van der Waals surface area contributed by atoms with E-state index in [0.717, 1.165) is 6.29 Å². The molecule has 0 heterocycles. The normalized spacial score (nSPS) is 8.88. The van der Waals surface area contributed by atoms with Crippen molar-refractivity contribution >= 4 is 18.0 Å². The molecule has 0 aliphatic carbocycles. The van der Waals surface area contributed by atoms with Crippen LogP contribution in [-0.4, -0.2) is 12.0 Å². The van der Waals surface area contributed by atoms with Crippen LogP contribution in [0.1, 0.15) is 0 Å². The lowest BCUT2D eigenvalue weighted by Crippen LogP contribution is -1.71. The van der Waals surface area contributed by atoms with Gasteiger partial charge in [-0.05, 0) is 5.41 Å². The largest absolute Gasteiger partial charge is 0.302 e. The minimum absolute atomic E-state index is 0.429. The molecule has 2 nitrogen and oxygen atoms in total. The number of carbonyl (C=O) groups is 1. The average Bonchev–Trinajstić information content (AvgIpc) is 1.81. The Morgan fingerprint density at radius 3 is 3.00 bits per heavy atom. The number of thioether (sulfide) groups is 1.